The minimum absolute atomic E-state index is 0.0154. The standard InChI is InChI=1S/C12H12ClN3O2S/c1-2-10(5-6-14)16-19(17,18)12-4-3-9(8-15)7-11(12)13/h3-4,7,10,16H,2,5H2,1H3. The van der Waals surface area contributed by atoms with Gasteiger partial charge in [-0.05, 0) is 24.6 Å². The first-order chi connectivity index (χ1) is 8.94. The molecule has 0 aliphatic heterocycles. The van der Waals surface area contributed by atoms with Crippen LogP contribution >= 0.6 is 11.6 Å². The monoisotopic (exact) mass is 297 g/mol. The predicted octanol–water partition coefficient (Wildman–Crippen LogP) is 2.18. The lowest BCUT2D eigenvalue weighted by Crippen LogP contribution is -2.34. The molecule has 1 unspecified atom stereocenters. The van der Waals surface area contributed by atoms with Gasteiger partial charge in [0.2, 0.25) is 10.0 Å². The molecule has 1 N–H and O–H groups in total. The topological polar surface area (TPSA) is 93.8 Å². The summed E-state index contributed by atoms with van der Waals surface area (Å²) in [7, 11) is -3.79. The second kappa shape index (κ2) is 6.53. The number of hydrogen-bond acceptors (Lipinski definition) is 4. The molecule has 5 nitrogen and oxygen atoms in total. The van der Waals surface area contributed by atoms with E-state index in [2.05, 4.69) is 4.72 Å². The van der Waals surface area contributed by atoms with Crippen molar-refractivity contribution in [3.05, 3.63) is 28.8 Å². The van der Waals surface area contributed by atoms with Crippen molar-refractivity contribution in [1.82, 2.24) is 4.72 Å². The van der Waals surface area contributed by atoms with Crippen LogP contribution in [-0.4, -0.2) is 14.5 Å². The number of halogens is 1. The number of sulfonamides is 1. The van der Waals surface area contributed by atoms with Crippen LogP contribution in [0.5, 0.6) is 0 Å². The summed E-state index contributed by atoms with van der Waals surface area (Å²) in [4.78, 5) is -0.0930. The van der Waals surface area contributed by atoms with Crippen molar-refractivity contribution >= 4 is 21.6 Å². The van der Waals surface area contributed by atoms with E-state index in [-0.39, 0.29) is 21.9 Å². The Morgan fingerprint density at radius 3 is 2.58 bits per heavy atom. The smallest absolute Gasteiger partial charge is 0.207 e. The minimum atomic E-state index is -3.79. The molecule has 0 radical (unpaired) electrons. The highest BCUT2D eigenvalue weighted by atomic mass is 35.5. The van der Waals surface area contributed by atoms with Gasteiger partial charge in [-0.2, -0.15) is 10.5 Å². The first-order valence-corrected chi connectivity index (χ1v) is 7.39. The van der Waals surface area contributed by atoms with Crippen LogP contribution in [0.1, 0.15) is 25.3 Å². The van der Waals surface area contributed by atoms with Crippen molar-refractivity contribution in [2.45, 2.75) is 30.7 Å². The summed E-state index contributed by atoms with van der Waals surface area (Å²) in [5.74, 6) is 0. The lowest BCUT2D eigenvalue weighted by Gasteiger charge is -2.14. The Morgan fingerprint density at radius 1 is 1.42 bits per heavy atom. The molecule has 0 fully saturated rings. The summed E-state index contributed by atoms with van der Waals surface area (Å²) in [6.07, 6.45) is 0.588. The van der Waals surface area contributed by atoms with E-state index in [4.69, 9.17) is 22.1 Å². The average Bonchev–Trinajstić information content (AvgIpc) is 2.37. The third-order valence-corrected chi connectivity index (χ3v) is 4.51. The highest BCUT2D eigenvalue weighted by Gasteiger charge is 2.21. The molecule has 0 spiro atoms. The van der Waals surface area contributed by atoms with E-state index in [1.54, 1.807) is 6.92 Å². The Kier molecular flexibility index (Phi) is 5.31. The lowest BCUT2D eigenvalue weighted by molar-refractivity contribution is 0.543. The number of hydrogen-bond donors (Lipinski definition) is 1. The van der Waals surface area contributed by atoms with Gasteiger partial charge >= 0.3 is 0 Å². The molecule has 1 aromatic carbocycles. The van der Waals surface area contributed by atoms with Gasteiger partial charge < -0.3 is 0 Å². The normalized spacial score (nSPS) is 12.4. The molecule has 0 amide bonds. The molecule has 0 aliphatic carbocycles. The highest BCUT2D eigenvalue weighted by molar-refractivity contribution is 7.89. The van der Waals surface area contributed by atoms with E-state index in [0.29, 0.717) is 6.42 Å². The number of nitrogens with zero attached hydrogens (tertiary/aromatic N) is 2. The van der Waals surface area contributed by atoms with E-state index in [9.17, 15) is 8.42 Å². The van der Waals surface area contributed by atoms with E-state index in [1.165, 1.54) is 18.2 Å². The quantitative estimate of drug-likeness (QED) is 0.901. The maximum absolute atomic E-state index is 12.1. The molecule has 0 bridgehead atoms. The van der Waals surface area contributed by atoms with Crippen LogP contribution in [0.15, 0.2) is 23.1 Å². The highest BCUT2D eigenvalue weighted by Crippen LogP contribution is 2.23. The summed E-state index contributed by atoms with van der Waals surface area (Å²) in [5.41, 5.74) is 0.285. The van der Waals surface area contributed by atoms with Gasteiger partial charge in [-0.25, -0.2) is 13.1 Å². The third-order valence-electron chi connectivity index (χ3n) is 2.50. The fourth-order valence-corrected chi connectivity index (χ4v) is 3.31. The van der Waals surface area contributed by atoms with Gasteiger partial charge in [0.25, 0.3) is 0 Å². The van der Waals surface area contributed by atoms with Gasteiger partial charge in [0.1, 0.15) is 4.90 Å². The van der Waals surface area contributed by atoms with Crippen molar-refractivity contribution in [3.8, 4) is 12.1 Å². The first kappa shape index (κ1) is 15.5. The lowest BCUT2D eigenvalue weighted by atomic mass is 10.2. The summed E-state index contributed by atoms with van der Waals surface area (Å²) in [6.45, 7) is 1.78. The van der Waals surface area contributed by atoms with Crippen LogP contribution in [0.3, 0.4) is 0 Å². The molecule has 0 heterocycles. The number of rotatable bonds is 5. The molecule has 1 atom stereocenters. The Hall–Kier alpha value is -1.60. The predicted molar refractivity (Wildman–Crippen MR) is 70.8 cm³/mol. The van der Waals surface area contributed by atoms with Crippen LogP contribution in [-0.2, 0) is 10.0 Å². The van der Waals surface area contributed by atoms with Gasteiger partial charge in [-0.1, -0.05) is 18.5 Å². The molecule has 19 heavy (non-hydrogen) atoms. The fraction of sp³-hybridized carbons (Fsp3) is 0.333. The molecular formula is C12H12ClN3O2S. The van der Waals surface area contributed by atoms with Crippen LogP contribution in [0, 0.1) is 22.7 Å². The zero-order valence-corrected chi connectivity index (χ0v) is 11.8. The molecule has 7 heteroatoms. The Labute approximate surface area is 117 Å². The van der Waals surface area contributed by atoms with Crippen LogP contribution in [0.4, 0.5) is 0 Å². The second-order valence-electron chi connectivity index (χ2n) is 3.85. The van der Waals surface area contributed by atoms with Crippen LogP contribution in [0.25, 0.3) is 0 Å². The van der Waals surface area contributed by atoms with Crippen LogP contribution in [0.2, 0.25) is 5.02 Å². The van der Waals surface area contributed by atoms with Crippen molar-refractivity contribution < 1.29 is 8.42 Å². The maximum atomic E-state index is 12.1. The summed E-state index contributed by atoms with van der Waals surface area (Å²) < 4.78 is 26.6. The van der Waals surface area contributed by atoms with Gasteiger partial charge in [0.05, 0.1) is 29.1 Å². The average molecular weight is 298 g/mol. The zero-order valence-electron chi connectivity index (χ0n) is 10.2. The van der Waals surface area contributed by atoms with Crippen molar-refractivity contribution in [1.29, 1.82) is 10.5 Å². The van der Waals surface area contributed by atoms with Crippen molar-refractivity contribution in [2.24, 2.45) is 0 Å². The van der Waals surface area contributed by atoms with E-state index in [1.807, 2.05) is 12.1 Å². The second-order valence-corrected chi connectivity index (χ2v) is 5.94. The van der Waals surface area contributed by atoms with Crippen molar-refractivity contribution in [3.63, 3.8) is 0 Å². The number of nitriles is 2. The summed E-state index contributed by atoms with van der Waals surface area (Å²) >= 11 is 5.86. The zero-order chi connectivity index (χ0) is 14.5. The van der Waals surface area contributed by atoms with Gasteiger partial charge in [0, 0.05) is 6.04 Å². The van der Waals surface area contributed by atoms with Crippen LogP contribution < -0.4 is 4.72 Å². The van der Waals surface area contributed by atoms with Gasteiger partial charge in [-0.3, -0.25) is 0 Å². The molecule has 1 aromatic rings. The van der Waals surface area contributed by atoms with Gasteiger partial charge in [0.15, 0.2) is 0 Å². The van der Waals surface area contributed by atoms with E-state index < -0.39 is 16.1 Å². The van der Waals surface area contributed by atoms with E-state index >= 15 is 0 Å². The Morgan fingerprint density at radius 2 is 2.11 bits per heavy atom. The Bertz CT molecular complexity index is 644. The molecular weight excluding hydrogens is 286 g/mol. The largest absolute Gasteiger partial charge is 0.242 e. The maximum Gasteiger partial charge on any atom is 0.242 e. The molecule has 0 saturated heterocycles. The molecule has 1 rings (SSSR count). The number of benzene rings is 1. The molecule has 0 aromatic heterocycles. The summed E-state index contributed by atoms with van der Waals surface area (Å²) in [5, 5.41) is 17.3. The molecule has 0 aliphatic rings. The van der Waals surface area contributed by atoms with Gasteiger partial charge in [-0.15, -0.1) is 0 Å². The SMILES string of the molecule is CCC(CC#N)NS(=O)(=O)c1ccc(C#N)cc1Cl. The first-order valence-electron chi connectivity index (χ1n) is 5.53. The summed E-state index contributed by atoms with van der Waals surface area (Å²) in [6, 6.07) is 7.30. The van der Waals surface area contributed by atoms with Crippen molar-refractivity contribution in [2.75, 3.05) is 0 Å². The molecule has 0 saturated carbocycles. The third kappa shape index (κ3) is 3.93. The Balaban J connectivity index is 3.08. The fourth-order valence-electron chi connectivity index (χ4n) is 1.45. The van der Waals surface area contributed by atoms with E-state index in [0.717, 1.165) is 0 Å². The molecule has 100 valence electrons. The minimum Gasteiger partial charge on any atom is -0.207 e. The number of nitrogens with one attached hydrogen (secondary N) is 1.